The zero-order chi connectivity index (χ0) is 26.0. The summed E-state index contributed by atoms with van der Waals surface area (Å²) in [7, 11) is 0. The van der Waals surface area contributed by atoms with Crippen LogP contribution >= 0.6 is 0 Å². The summed E-state index contributed by atoms with van der Waals surface area (Å²) in [4.78, 5) is 0. The molecule has 0 bridgehead atoms. The molecular formula is C34H52F2O. The van der Waals surface area contributed by atoms with Crippen LogP contribution in [0.4, 0.5) is 8.78 Å². The van der Waals surface area contributed by atoms with E-state index in [0.717, 1.165) is 48.9 Å². The zero-order valence-corrected chi connectivity index (χ0v) is 23.7. The van der Waals surface area contributed by atoms with Crippen molar-refractivity contribution < 1.29 is 13.5 Å². The van der Waals surface area contributed by atoms with Gasteiger partial charge in [-0.1, -0.05) is 57.7 Å². The molecular weight excluding hydrogens is 462 g/mol. The molecule has 0 atom stereocenters. The molecule has 0 aromatic heterocycles. The lowest BCUT2D eigenvalue weighted by Gasteiger charge is -2.38. The molecule has 0 aliphatic heterocycles. The van der Waals surface area contributed by atoms with Gasteiger partial charge in [-0.25, -0.2) is 4.39 Å². The highest BCUT2D eigenvalue weighted by Gasteiger charge is 2.32. The smallest absolute Gasteiger partial charge is 0.200 e. The minimum atomic E-state index is -0.805. The van der Waals surface area contributed by atoms with Gasteiger partial charge in [-0.2, -0.15) is 4.39 Å². The first-order valence-electron chi connectivity index (χ1n) is 15.9. The van der Waals surface area contributed by atoms with Crippen LogP contribution in [0.5, 0.6) is 5.75 Å². The highest BCUT2D eigenvalue weighted by molar-refractivity contribution is 5.33. The molecule has 1 nitrogen and oxygen atoms in total. The first kappa shape index (κ1) is 28.6. The lowest BCUT2D eigenvalue weighted by Crippen LogP contribution is -2.25. The van der Waals surface area contributed by atoms with Crippen LogP contribution in [0.1, 0.15) is 134 Å². The molecule has 0 unspecified atom stereocenters. The van der Waals surface area contributed by atoms with E-state index in [9.17, 15) is 8.78 Å². The first-order chi connectivity index (χ1) is 18.1. The Morgan fingerprint density at radius 2 is 1.35 bits per heavy atom. The van der Waals surface area contributed by atoms with Crippen molar-refractivity contribution in [2.75, 3.05) is 6.61 Å². The van der Waals surface area contributed by atoms with Gasteiger partial charge < -0.3 is 4.74 Å². The summed E-state index contributed by atoms with van der Waals surface area (Å²) in [6.45, 7) is 4.70. The van der Waals surface area contributed by atoms with Crippen molar-refractivity contribution in [2.45, 2.75) is 129 Å². The number of benzene rings is 1. The number of rotatable bonds is 11. The zero-order valence-electron chi connectivity index (χ0n) is 23.7. The molecule has 4 rings (SSSR count). The molecule has 0 spiro atoms. The van der Waals surface area contributed by atoms with Crippen molar-refractivity contribution in [3.8, 4) is 5.75 Å². The Morgan fingerprint density at radius 3 is 2.00 bits per heavy atom. The van der Waals surface area contributed by atoms with Crippen molar-refractivity contribution in [3.63, 3.8) is 0 Å². The molecule has 0 heterocycles. The van der Waals surface area contributed by atoms with Crippen LogP contribution in [-0.2, 0) is 0 Å². The second kappa shape index (κ2) is 14.7. The largest absolute Gasteiger partial charge is 0.490 e. The maximum atomic E-state index is 14.8. The van der Waals surface area contributed by atoms with Gasteiger partial charge in [0.2, 0.25) is 5.82 Å². The predicted molar refractivity (Wildman–Crippen MR) is 151 cm³/mol. The molecule has 3 aliphatic rings. The Kier molecular flexibility index (Phi) is 11.4. The number of hydrogen-bond donors (Lipinski definition) is 0. The third-order valence-corrected chi connectivity index (χ3v) is 10.0. The number of hydrogen-bond acceptors (Lipinski definition) is 1. The molecule has 37 heavy (non-hydrogen) atoms. The van der Waals surface area contributed by atoms with E-state index in [0.29, 0.717) is 12.2 Å². The van der Waals surface area contributed by atoms with E-state index in [4.69, 9.17) is 4.74 Å². The molecule has 0 amide bonds. The monoisotopic (exact) mass is 514 g/mol. The molecule has 3 saturated carbocycles. The maximum Gasteiger partial charge on any atom is 0.200 e. The van der Waals surface area contributed by atoms with E-state index in [1.54, 1.807) is 12.1 Å². The van der Waals surface area contributed by atoms with Gasteiger partial charge in [0.25, 0.3) is 0 Å². The Balaban J connectivity index is 1.14. The van der Waals surface area contributed by atoms with E-state index in [1.165, 1.54) is 89.9 Å². The molecule has 0 saturated heterocycles. The average Bonchev–Trinajstić information content (AvgIpc) is 2.93. The Bertz CT molecular complexity index is 824. The standard InChI is InChI=1S/C34H52F2O/c1-3-7-25-10-12-26(13-11-25)8-5-6-9-27-14-16-28(17-15-27)29-18-20-30(21-19-29)31-22-23-32(37-24-4-2)34(36)33(31)35/h5,8,22-23,25-30H,3-4,6-7,9-21,24H2,1-2H3/b8-5+. The second-order valence-electron chi connectivity index (χ2n) is 12.6. The molecule has 3 aliphatic carbocycles. The first-order valence-corrected chi connectivity index (χ1v) is 15.9. The van der Waals surface area contributed by atoms with E-state index in [-0.39, 0.29) is 11.7 Å². The Labute approximate surface area is 225 Å². The van der Waals surface area contributed by atoms with Crippen LogP contribution < -0.4 is 4.74 Å². The summed E-state index contributed by atoms with van der Waals surface area (Å²) in [6.07, 6.45) is 26.8. The summed E-state index contributed by atoms with van der Waals surface area (Å²) in [5.74, 6) is 3.09. The van der Waals surface area contributed by atoms with Crippen LogP contribution in [0.25, 0.3) is 0 Å². The van der Waals surface area contributed by atoms with Crippen molar-refractivity contribution in [2.24, 2.45) is 29.6 Å². The van der Waals surface area contributed by atoms with Gasteiger partial charge in [0.1, 0.15) is 0 Å². The van der Waals surface area contributed by atoms with E-state index < -0.39 is 11.6 Å². The van der Waals surface area contributed by atoms with Gasteiger partial charge in [-0.05, 0) is 131 Å². The van der Waals surface area contributed by atoms with Crippen molar-refractivity contribution >= 4 is 0 Å². The van der Waals surface area contributed by atoms with Gasteiger partial charge in [-0.3, -0.25) is 0 Å². The Morgan fingerprint density at radius 1 is 0.730 bits per heavy atom. The van der Waals surface area contributed by atoms with Crippen LogP contribution in [0, 0.1) is 41.2 Å². The lowest BCUT2D eigenvalue weighted by molar-refractivity contribution is 0.156. The average molecular weight is 515 g/mol. The van der Waals surface area contributed by atoms with Crippen molar-refractivity contribution in [1.82, 2.24) is 0 Å². The summed E-state index contributed by atoms with van der Waals surface area (Å²) in [5, 5.41) is 0. The van der Waals surface area contributed by atoms with Crippen LogP contribution in [-0.4, -0.2) is 6.61 Å². The lowest BCUT2D eigenvalue weighted by atomic mass is 9.68. The van der Waals surface area contributed by atoms with Gasteiger partial charge in [-0.15, -0.1) is 0 Å². The summed E-state index contributed by atoms with van der Waals surface area (Å²) in [5.41, 5.74) is 0.561. The fourth-order valence-corrected chi connectivity index (χ4v) is 7.73. The maximum absolute atomic E-state index is 14.8. The van der Waals surface area contributed by atoms with Crippen molar-refractivity contribution in [1.29, 1.82) is 0 Å². The fraction of sp³-hybridized carbons (Fsp3) is 0.765. The SMILES string of the molecule is CCCOc1ccc(C2CCC(C3CCC(CC/C=C/C4CCC(CCC)CC4)CC3)CC2)c(F)c1F. The fourth-order valence-electron chi connectivity index (χ4n) is 7.73. The number of allylic oxidation sites excluding steroid dienone is 2. The van der Waals surface area contributed by atoms with Crippen LogP contribution in [0.15, 0.2) is 24.3 Å². The van der Waals surface area contributed by atoms with E-state index in [1.807, 2.05) is 6.92 Å². The van der Waals surface area contributed by atoms with Gasteiger partial charge in [0.05, 0.1) is 6.61 Å². The van der Waals surface area contributed by atoms with Gasteiger partial charge in [0, 0.05) is 0 Å². The molecule has 0 radical (unpaired) electrons. The molecule has 3 fully saturated rings. The second-order valence-corrected chi connectivity index (χ2v) is 12.6. The van der Waals surface area contributed by atoms with E-state index in [2.05, 4.69) is 19.1 Å². The molecule has 208 valence electrons. The van der Waals surface area contributed by atoms with Gasteiger partial charge >= 0.3 is 0 Å². The summed E-state index contributed by atoms with van der Waals surface area (Å²) < 4.78 is 34.6. The molecule has 3 heteroatoms. The number of ether oxygens (including phenoxy) is 1. The van der Waals surface area contributed by atoms with E-state index >= 15 is 0 Å². The van der Waals surface area contributed by atoms with Crippen molar-refractivity contribution in [3.05, 3.63) is 41.5 Å². The van der Waals surface area contributed by atoms with Crippen LogP contribution in [0.2, 0.25) is 0 Å². The highest BCUT2D eigenvalue weighted by Crippen LogP contribution is 2.45. The molecule has 0 N–H and O–H groups in total. The topological polar surface area (TPSA) is 9.23 Å². The normalized spacial score (nSPS) is 31.0. The third kappa shape index (κ3) is 8.06. The third-order valence-electron chi connectivity index (χ3n) is 10.0. The Hall–Kier alpha value is -1.38. The van der Waals surface area contributed by atoms with Gasteiger partial charge in [0.15, 0.2) is 11.6 Å². The molecule has 1 aromatic carbocycles. The molecule has 1 aromatic rings. The number of halogens is 2. The van der Waals surface area contributed by atoms with Crippen LogP contribution in [0.3, 0.4) is 0 Å². The highest BCUT2D eigenvalue weighted by atomic mass is 19.2. The predicted octanol–water partition coefficient (Wildman–Crippen LogP) is 10.8. The minimum Gasteiger partial charge on any atom is -0.490 e. The summed E-state index contributed by atoms with van der Waals surface area (Å²) in [6, 6.07) is 3.40. The summed E-state index contributed by atoms with van der Waals surface area (Å²) >= 11 is 0. The quantitative estimate of drug-likeness (QED) is 0.267. The minimum absolute atomic E-state index is 0.0542.